The van der Waals surface area contributed by atoms with Gasteiger partial charge >= 0.3 is 0 Å². The Morgan fingerprint density at radius 2 is 1.70 bits per heavy atom. The highest BCUT2D eigenvalue weighted by Gasteiger charge is 2.30. The number of nitrogens with zero attached hydrogens (tertiary/aromatic N) is 4. The third-order valence-electron chi connectivity index (χ3n) is 7.40. The van der Waals surface area contributed by atoms with Crippen LogP contribution < -0.4 is 10.5 Å². The maximum Gasteiger partial charge on any atom is 0.253 e. The number of amides is 2. The molecular formula is C28H40FN5O3. The van der Waals surface area contributed by atoms with Gasteiger partial charge in [0.25, 0.3) is 5.91 Å². The summed E-state index contributed by atoms with van der Waals surface area (Å²) in [4.78, 5) is 34.2. The lowest BCUT2D eigenvalue weighted by Crippen LogP contribution is -2.44. The zero-order chi connectivity index (χ0) is 26.7. The van der Waals surface area contributed by atoms with Gasteiger partial charge < -0.3 is 20.3 Å². The highest BCUT2D eigenvalue weighted by molar-refractivity contribution is 5.94. The monoisotopic (exact) mass is 513 g/mol. The molecule has 1 aromatic carbocycles. The number of hydrogen-bond acceptors (Lipinski definition) is 6. The first-order valence-corrected chi connectivity index (χ1v) is 13.3. The van der Waals surface area contributed by atoms with Crippen molar-refractivity contribution in [3.63, 3.8) is 0 Å². The lowest BCUT2D eigenvalue weighted by molar-refractivity contribution is -0.106. The predicted octanol–water partition coefficient (Wildman–Crippen LogP) is 4.10. The van der Waals surface area contributed by atoms with Gasteiger partial charge in [0.1, 0.15) is 5.67 Å². The highest BCUT2D eigenvalue weighted by Crippen LogP contribution is 2.26. The van der Waals surface area contributed by atoms with Gasteiger partial charge in [-0.15, -0.1) is 0 Å². The zero-order valence-corrected chi connectivity index (χ0v) is 22.1. The number of carbonyl (C=O) groups excluding carboxylic acids is 2. The van der Waals surface area contributed by atoms with Crippen LogP contribution in [0.1, 0.15) is 62.7 Å². The molecule has 2 aliphatic heterocycles. The van der Waals surface area contributed by atoms with Crippen LogP contribution in [0.2, 0.25) is 0 Å². The average molecular weight is 514 g/mol. The highest BCUT2D eigenvalue weighted by atomic mass is 19.1. The van der Waals surface area contributed by atoms with Gasteiger partial charge in [-0.2, -0.15) is 0 Å². The topological polar surface area (TPSA) is 102 Å². The van der Waals surface area contributed by atoms with E-state index in [0.29, 0.717) is 43.4 Å². The molecule has 2 saturated heterocycles. The van der Waals surface area contributed by atoms with Crippen LogP contribution in [-0.4, -0.2) is 77.1 Å². The number of piperidine rings is 1. The Labute approximate surface area is 219 Å². The van der Waals surface area contributed by atoms with E-state index in [0.717, 1.165) is 63.1 Å². The molecule has 0 aliphatic carbocycles. The average Bonchev–Trinajstić information content (AvgIpc) is 3.48. The van der Waals surface area contributed by atoms with Crippen LogP contribution in [0, 0.1) is 5.92 Å². The SMILES string of the molecule is CCC(F)(CC)CN1CCC(COc2cnc(-c3ccc(C(=O)N4CCCC4)cc3)cn2)CC1.NC=O. The van der Waals surface area contributed by atoms with E-state index in [1.54, 1.807) is 12.4 Å². The summed E-state index contributed by atoms with van der Waals surface area (Å²) in [6, 6.07) is 7.57. The van der Waals surface area contributed by atoms with Crippen molar-refractivity contribution in [1.82, 2.24) is 19.8 Å². The number of nitrogens with two attached hydrogens (primary N) is 1. The van der Waals surface area contributed by atoms with Crippen LogP contribution in [0.25, 0.3) is 11.3 Å². The zero-order valence-electron chi connectivity index (χ0n) is 22.1. The van der Waals surface area contributed by atoms with E-state index in [-0.39, 0.29) is 12.3 Å². The summed E-state index contributed by atoms with van der Waals surface area (Å²) in [5, 5.41) is 0. The fourth-order valence-electron chi connectivity index (χ4n) is 4.81. The number of rotatable bonds is 9. The standard InChI is InChI=1S/C27H37FN4O2.CH3NO/c1-3-27(28,4-2)20-31-15-11-21(12-16-31)19-34-25-18-29-24(17-30-25)22-7-9-23(10-8-22)26(33)32-13-5-6-14-32;2-1-3/h7-10,17-18,21H,3-6,11-16,19-20H2,1-2H3;1H,(H2,2,3). The smallest absolute Gasteiger partial charge is 0.253 e. The molecule has 2 amide bonds. The molecule has 0 bridgehead atoms. The van der Waals surface area contributed by atoms with Gasteiger partial charge in [0, 0.05) is 30.8 Å². The van der Waals surface area contributed by atoms with Crippen molar-refractivity contribution >= 4 is 12.3 Å². The molecule has 2 fully saturated rings. The second-order valence-corrected chi connectivity index (χ2v) is 9.84. The van der Waals surface area contributed by atoms with E-state index in [1.165, 1.54) is 0 Å². The van der Waals surface area contributed by atoms with Crippen LogP contribution in [0.15, 0.2) is 36.7 Å². The van der Waals surface area contributed by atoms with Crippen LogP contribution in [0.3, 0.4) is 0 Å². The number of hydrogen-bond donors (Lipinski definition) is 1. The summed E-state index contributed by atoms with van der Waals surface area (Å²) in [5.41, 5.74) is 5.49. The Balaban J connectivity index is 0.00000121. The Morgan fingerprint density at radius 1 is 1.08 bits per heavy atom. The molecule has 1 aromatic heterocycles. The number of aromatic nitrogens is 2. The van der Waals surface area contributed by atoms with Crippen molar-refractivity contribution in [2.75, 3.05) is 39.3 Å². The van der Waals surface area contributed by atoms with Crippen molar-refractivity contribution in [1.29, 1.82) is 0 Å². The Kier molecular flexibility index (Phi) is 10.8. The molecule has 2 aromatic rings. The Bertz CT molecular complexity index is 968. The molecule has 0 radical (unpaired) electrons. The van der Waals surface area contributed by atoms with Gasteiger partial charge in [-0.25, -0.2) is 14.4 Å². The van der Waals surface area contributed by atoms with Gasteiger partial charge in [-0.1, -0.05) is 26.0 Å². The van der Waals surface area contributed by atoms with Crippen LogP contribution >= 0.6 is 0 Å². The summed E-state index contributed by atoms with van der Waals surface area (Å²) in [7, 11) is 0. The first-order valence-electron chi connectivity index (χ1n) is 13.3. The van der Waals surface area contributed by atoms with Crippen molar-refractivity contribution in [2.24, 2.45) is 11.7 Å². The fraction of sp³-hybridized carbons (Fsp3) is 0.571. The number of primary amides is 1. The maximum absolute atomic E-state index is 14.7. The van der Waals surface area contributed by atoms with Crippen LogP contribution in [0.5, 0.6) is 5.88 Å². The van der Waals surface area contributed by atoms with Crippen molar-refractivity contribution in [2.45, 2.75) is 58.0 Å². The normalized spacial score (nSPS) is 16.7. The van der Waals surface area contributed by atoms with E-state index >= 15 is 0 Å². The maximum atomic E-state index is 14.7. The number of ether oxygens (including phenoxy) is 1. The van der Waals surface area contributed by atoms with Gasteiger partial charge in [0.05, 0.1) is 24.7 Å². The van der Waals surface area contributed by atoms with Crippen LogP contribution in [0.4, 0.5) is 4.39 Å². The summed E-state index contributed by atoms with van der Waals surface area (Å²) < 4.78 is 20.6. The third-order valence-corrected chi connectivity index (χ3v) is 7.40. The second kappa shape index (κ2) is 14.0. The predicted molar refractivity (Wildman–Crippen MR) is 142 cm³/mol. The van der Waals surface area contributed by atoms with E-state index in [9.17, 15) is 9.18 Å². The quantitative estimate of drug-likeness (QED) is 0.507. The van der Waals surface area contributed by atoms with Crippen molar-refractivity contribution in [3.8, 4) is 17.1 Å². The van der Waals surface area contributed by atoms with E-state index in [2.05, 4.69) is 20.6 Å². The van der Waals surface area contributed by atoms with E-state index < -0.39 is 5.67 Å². The molecule has 0 spiro atoms. The molecule has 3 heterocycles. The lowest BCUT2D eigenvalue weighted by atomic mass is 9.94. The third kappa shape index (κ3) is 8.21. The van der Waals surface area contributed by atoms with Gasteiger partial charge in [0.15, 0.2) is 0 Å². The summed E-state index contributed by atoms with van der Waals surface area (Å²) >= 11 is 0. The number of benzene rings is 1. The molecular weight excluding hydrogens is 473 g/mol. The summed E-state index contributed by atoms with van der Waals surface area (Å²) in [6.45, 7) is 8.54. The second-order valence-electron chi connectivity index (χ2n) is 9.84. The summed E-state index contributed by atoms with van der Waals surface area (Å²) in [5.74, 6) is 1.08. The molecule has 2 N–H and O–H groups in total. The minimum absolute atomic E-state index is 0.101. The van der Waals surface area contributed by atoms with Crippen molar-refractivity contribution < 1.29 is 18.7 Å². The number of alkyl halides is 1. The van der Waals surface area contributed by atoms with Gasteiger partial charge in [0.2, 0.25) is 12.3 Å². The molecule has 8 nitrogen and oxygen atoms in total. The van der Waals surface area contributed by atoms with Gasteiger partial charge in [-0.3, -0.25) is 9.59 Å². The minimum Gasteiger partial charge on any atom is -0.476 e. The molecule has 37 heavy (non-hydrogen) atoms. The first-order chi connectivity index (χ1) is 17.9. The molecule has 0 unspecified atom stereocenters. The Morgan fingerprint density at radius 3 is 2.24 bits per heavy atom. The minimum atomic E-state index is -1.07. The Hall–Kier alpha value is -3.07. The first kappa shape index (κ1) is 28.5. The number of likely N-dealkylation sites (tertiary alicyclic amines) is 2. The lowest BCUT2D eigenvalue weighted by Gasteiger charge is -2.36. The van der Waals surface area contributed by atoms with E-state index in [4.69, 9.17) is 9.53 Å². The number of halogens is 1. The molecule has 202 valence electrons. The fourth-order valence-corrected chi connectivity index (χ4v) is 4.81. The van der Waals surface area contributed by atoms with Crippen LogP contribution in [-0.2, 0) is 4.79 Å². The van der Waals surface area contributed by atoms with Gasteiger partial charge in [-0.05, 0) is 69.7 Å². The summed E-state index contributed by atoms with van der Waals surface area (Å²) in [6.07, 6.45) is 8.97. The molecule has 4 rings (SSSR count). The molecule has 2 aliphatic rings. The molecule has 9 heteroatoms. The van der Waals surface area contributed by atoms with E-state index in [1.807, 2.05) is 43.0 Å². The number of carbonyl (C=O) groups is 2. The van der Waals surface area contributed by atoms with Crippen molar-refractivity contribution in [3.05, 3.63) is 42.2 Å². The largest absolute Gasteiger partial charge is 0.476 e. The molecule has 0 atom stereocenters. The molecule has 0 saturated carbocycles.